The maximum atomic E-state index is 6.63. The van der Waals surface area contributed by atoms with E-state index in [2.05, 4.69) is 39.0 Å². The molecule has 0 aliphatic carbocycles. The SMILES string of the molecule is NC(c1cccc2cnccc12)C1CN2CCN1CC2. The van der Waals surface area contributed by atoms with E-state index in [1.54, 1.807) is 0 Å². The molecular formula is C16H20N4. The van der Waals surface area contributed by atoms with Crippen LogP contribution in [0.1, 0.15) is 11.6 Å². The van der Waals surface area contributed by atoms with Gasteiger partial charge in [-0.05, 0) is 17.0 Å². The average molecular weight is 268 g/mol. The highest BCUT2D eigenvalue weighted by Gasteiger charge is 2.36. The molecule has 4 heterocycles. The average Bonchev–Trinajstić information content (AvgIpc) is 2.54. The quantitative estimate of drug-likeness (QED) is 0.890. The lowest BCUT2D eigenvalue weighted by Crippen LogP contribution is -2.63. The Balaban J connectivity index is 1.72. The largest absolute Gasteiger partial charge is 0.323 e. The number of rotatable bonds is 2. The van der Waals surface area contributed by atoms with Gasteiger partial charge >= 0.3 is 0 Å². The third kappa shape index (κ3) is 1.92. The van der Waals surface area contributed by atoms with Gasteiger partial charge in [0.1, 0.15) is 0 Å². The number of nitrogens with two attached hydrogens (primary N) is 1. The third-order valence-electron chi connectivity index (χ3n) is 4.81. The molecule has 3 aliphatic heterocycles. The molecule has 3 saturated heterocycles. The van der Waals surface area contributed by atoms with Crippen LogP contribution in [0, 0.1) is 0 Å². The normalized spacial score (nSPS) is 30.6. The molecule has 2 atom stereocenters. The standard InChI is InChI=1S/C16H20N4/c17-16(15-11-19-6-8-20(15)9-7-19)14-3-1-2-12-10-18-5-4-13(12)14/h1-5,10,15-16H,6-9,11,17H2. The molecule has 5 rings (SSSR count). The number of hydrogen-bond acceptors (Lipinski definition) is 4. The second kappa shape index (κ2) is 4.81. The zero-order valence-electron chi connectivity index (χ0n) is 11.6. The lowest BCUT2D eigenvalue weighted by Gasteiger charge is -2.49. The molecule has 3 fully saturated rings. The lowest BCUT2D eigenvalue weighted by atomic mass is 9.92. The Bertz CT molecular complexity index is 613. The second-order valence-corrected chi connectivity index (χ2v) is 5.87. The Morgan fingerprint density at radius 1 is 1.15 bits per heavy atom. The van der Waals surface area contributed by atoms with Crippen molar-refractivity contribution in [2.24, 2.45) is 5.73 Å². The fourth-order valence-electron chi connectivity index (χ4n) is 3.64. The molecule has 0 amide bonds. The smallest absolute Gasteiger partial charge is 0.0471 e. The van der Waals surface area contributed by atoms with Crippen molar-refractivity contribution in [1.29, 1.82) is 0 Å². The minimum atomic E-state index is 0.0733. The summed E-state index contributed by atoms with van der Waals surface area (Å²) in [6.45, 7) is 5.81. The van der Waals surface area contributed by atoms with E-state index < -0.39 is 0 Å². The van der Waals surface area contributed by atoms with Gasteiger partial charge in [-0.25, -0.2) is 0 Å². The van der Waals surface area contributed by atoms with Crippen molar-refractivity contribution >= 4 is 10.8 Å². The van der Waals surface area contributed by atoms with E-state index in [4.69, 9.17) is 5.73 Å². The monoisotopic (exact) mass is 268 g/mol. The summed E-state index contributed by atoms with van der Waals surface area (Å²) < 4.78 is 0. The van der Waals surface area contributed by atoms with Gasteiger partial charge in [0.05, 0.1) is 0 Å². The summed E-state index contributed by atoms with van der Waals surface area (Å²) in [5.74, 6) is 0. The maximum Gasteiger partial charge on any atom is 0.0471 e. The second-order valence-electron chi connectivity index (χ2n) is 5.87. The summed E-state index contributed by atoms with van der Waals surface area (Å²) >= 11 is 0. The van der Waals surface area contributed by atoms with E-state index in [9.17, 15) is 0 Å². The number of benzene rings is 1. The van der Waals surface area contributed by atoms with E-state index in [-0.39, 0.29) is 6.04 Å². The topological polar surface area (TPSA) is 45.4 Å². The van der Waals surface area contributed by atoms with Crippen molar-refractivity contribution in [1.82, 2.24) is 14.8 Å². The number of piperazine rings is 3. The van der Waals surface area contributed by atoms with Crippen molar-refractivity contribution in [3.63, 3.8) is 0 Å². The van der Waals surface area contributed by atoms with Crippen LogP contribution in [0.3, 0.4) is 0 Å². The highest BCUT2D eigenvalue weighted by atomic mass is 15.3. The van der Waals surface area contributed by atoms with Crippen molar-refractivity contribution in [3.05, 3.63) is 42.2 Å². The predicted octanol–water partition coefficient (Wildman–Crippen LogP) is 1.23. The number of aromatic nitrogens is 1. The van der Waals surface area contributed by atoms with Crippen LogP contribution in [0.25, 0.3) is 10.8 Å². The molecule has 20 heavy (non-hydrogen) atoms. The fraction of sp³-hybridized carbons (Fsp3) is 0.438. The highest BCUT2D eigenvalue weighted by molar-refractivity contribution is 5.85. The minimum absolute atomic E-state index is 0.0733. The Hall–Kier alpha value is -1.49. The molecule has 1 aromatic heterocycles. The molecule has 2 N–H and O–H groups in total. The summed E-state index contributed by atoms with van der Waals surface area (Å²) in [5, 5.41) is 2.42. The van der Waals surface area contributed by atoms with Crippen molar-refractivity contribution < 1.29 is 0 Å². The summed E-state index contributed by atoms with van der Waals surface area (Å²) in [6.07, 6.45) is 3.78. The van der Waals surface area contributed by atoms with Gasteiger partial charge in [-0.2, -0.15) is 0 Å². The number of nitrogens with zero attached hydrogens (tertiary/aromatic N) is 3. The number of fused-ring (bicyclic) bond motifs is 4. The van der Waals surface area contributed by atoms with Gasteiger partial charge in [0.25, 0.3) is 0 Å². The predicted molar refractivity (Wildman–Crippen MR) is 80.5 cm³/mol. The molecule has 2 bridgehead atoms. The van der Waals surface area contributed by atoms with Crippen LogP contribution < -0.4 is 5.73 Å². The number of pyridine rings is 1. The molecule has 104 valence electrons. The first-order chi connectivity index (χ1) is 9.83. The first kappa shape index (κ1) is 12.3. The highest BCUT2D eigenvalue weighted by Crippen LogP contribution is 2.29. The number of hydrogen-bond donors (Lipinski definition) is 1. The van der Waals surface area contributed by atoms with Crippen LogP contribution in [-0.4, -0.2) is 53.5 Å². The van der Waals surface area contributed by atoms with Crippen LogP contribution in [0.4, 0.5) is 0 Å². The molecule has 2 aromatic rings. The van der Waals surface area contributed by atoms with Gasteiger partial charge in [0, 0.05) is 62.6 Å². The zero-order valence-corrected chi connectivity index (χ0v) is 11.6. The van der Waals surface area contributed by atoms with E-state index in [0.717, 1.165) is 19.6 Å². The van der Waals surface area contributed by atoms with E-state index >= 15 is 0 Å². The molecule has 2 unspecified atom stereocenters. The Morgan fingerprint density at radius 2 is 2.00 bits per heavy atom. The van der Waals surface area contributed by atoms with Gasteiger partial charge < -0.3 is 5.73 Å². The first-order valence-corrected chi connectivity index (χ1v) is 7.37. The van der Waals surface area contributed by atoms with Crippen molar-refractivity contribution in [2.75, 3.05) is 32.7 Å². The zero-order chi connectivity index (χ0) is 13.5. The fourth-order valence-corrected chi connectivity index (χ4v) is 3.64. The van der Waals surface area contributed by atoms with Crippen LogP contribution in [0.2, 0.25) is 0 Å². The summed E-state index contributed by atoms with van der Waals surface area (Å²) in [6, 6.07) is 8.97. The Labute approximate surface area is 119 Å². The van der Waals surface area contributed by atoms with Crippen LogP contribution in [0.5, 0.6) is 0 Å². The maximum absolute atomic E-state index is 6.63. The van der Waals surface area contributed by atoms with Gasteiger partial charge in [0.15, 0.2) is 0 Å². The van der Waals surface area contributed by atoms with Crippen LogP contribution in [-0.2, 0) is 0 Å². The molecule has 3 aliphatic rings. The van der Waals surface area contributed by atoms with Crippen LogP contribution >= 0.6 is 0 Å². The minimum Gasteiger partial charge on any atom is -0.323 e. The molecule has 4 nitrogen and oxygen atoms in total. The molecular weight excluding hydrogens is 248 g/mol. The molecule has 0 radical (unpaired) electrons. The van der Waals surface area contributed by atoms with Crippen molar-refractivity contribution in [3.8, 4) is 0 Å². The van der Waals surface area contributed by atoms with Gasteiger partial charge in [-0.3, -0.25) is 14.8 Å². The first-order valence-electron chi connectivity index (χ1n) is 7.37. The molecule has 1 aromatic carbocycles. The summed E-state index contributed by atoms with van der Waals surface area (Å²) in [7, 11) is 0. The lowest BCUT2D eigenvalue weighted by molar-refractivity contribution is 0.00233. The Morgan fingerprint density at radius 3 is 2.75 bits per heavy atom. The molecule has 0 spiro atoms. The van der Waals surface area contributed by atoms with Gasteiger partial charge in [0.2, 0.25) is 0 Å². The van der Waals surface area contributed by atoms with Gasteiger partial charge in [-0.1, -0.05) is 18.2 Å². The molecule has 4 heteroatoms. The van der Waals surface area contributed by atoms with E-state index in [1.165, 1.54) is 29.4 Å². The van der Waals surface area contributed by atoms with Gasteiger partial charge in [-0.15, -0.1) is 0 Å². The molecule has 0 saturated carbocycles. The van der Waals surface area contributed by atoms with Crippen molar-refractivity contribution in [2.45, 2.75) is 12.1 Å². The summed E-state index contributed by atoms with van der Waals surface area (Å²) in [5.41, 5.74) is 7.89. The Kier molecular flexibility index (Phi) is 2.95. The van der Waals surface area contributed by atoms with E-state index in [0.29, 0.717) is 6.04 Å². The summed E-state index contributed by atoms with van der Waals surface area (Å²) in [4.78, 5) is 9.30. The van der Waals surface area contributed by atoms with Crippen LogP contribution in [0.15, 0.2) is 36.7 Å². The van der Waals surface area contributed by atoms with E-state index in [1.807, 2.05) is 12.4 Å². The third-order valence-corrected chi connectivity index (χ3v) is 4.81.